The Labute approximate surface area is 150 Å². The van der Waals surface area contributed by atoms with Crippen LogP contribution in [0.25, 0.3) is 0 Å². The van der Waals surface area contributed by atoms with E-state index in [2.05, 4.69) is 43.2 Å². The van der Waals surface area contributed by atoms with E-state index in [1.165, 1.54) is 5.56 Å². The topological polar surface area (TPSA) is 56.1 Å². The Morgan fingerprint density at radius 1 is 1.20 bits per heavy atom. The Kier molecular flexibility index (Phi) is 7.04. The number of carbonyl (C=O) groups excluding carboxylic acids is 1. The quantitative estimate of drug-likeness (QED) is 0.709. The molecule has 0 bridgehead atoms. The van der Waals surface area contributed by atoms with Crippen LogP contribution >= 0.6 is 0 Å². The molecule has 0 aliphatic carbocycles. The molecule has 1 heterocycles. The predicted octanol–water partition coefficient (Wildman–Crippen LogP) is 3.55. The molecule has 0 fully saturated rings. The zero-order valence-electron chi connectivity index (χ0n) is 15.5. The molecule has 0 saturated heterocycles. The molecule has 5 nitrogen and oxygen atoms in total. The van der Waals surface area contributed by atoms with Crippen molar-refractivity contribution in [1.29, 1.82) is 0 Å². The highest BCUT2D eigenvalue weighted by atomic mass is 16.5. The first-order chi connectivity index (χ1) is 11.9. The van der Waals surface area contributed by atoms with E-state index < -0.39 is 0 Å². The molecule has 0 saturated carbocycles. The van der Waals surface area contributed by atoms with E-state index >= 15 is 0 Å². The van der Waals surface area contributed by atoms with Crippen LogP contribution in [0.15, 0.2) is 43.0 Å². The smallest absolute Gasteiger partial charge is 0.220 e. The Balaban J connectivity index is 1.55. The highest BCUT2D eigenvalue weighted by molar-refractivity contribution is 5.75. The first-order valence-electron chi connectivity index (χ1n) is 8.91. The van der Waals surface area contributed by atoms with Gasteiger partial charge in [0.1, 0.15) is 5.75 Å². The largest absolute Gasteiger partial charge is 0.494 e. The molecule has 1 N–H and O–H groups in total. The molecule has 1 aromatic carbocycles. The Morgan fingerprint density at radius 2 is 1.96 bits per heavy atom. The summed E-state index contributed by atoms with van der Waals surface area (Å²) >= 11 is 0. The molecule has 0 spiro atoms. The summed E-state index contributed by atoms with van der Waals surface area (Å²) in [6, 6.07) is 8.19. The molecule has 5 heteroatoms. The van der Waals surface area contributed by atoms with Crippen LogP contribution in [0.1, 0.15) is 45.6 Å². The molecule has 1 amide bonds. The van der Waals surface area contributed by atoms with Gasteiger partial charge in [0.25, 0.3) is 0 Å². The van der Waals surface area contributed by atoms with Gasteiger partial charge in [-0.2, -0.15) is 0 Å². The standard InChI is InChI=1S/C20H29N3O2/c1-20(2,3)17-7-9-18(10-8-17)25-15-4-6-19(24)22-11-5-13-23-14-12-21-16-23/h7-10,12,14,16H,4-6,11,13,15H2,1-3H3,(H,22,24). The Bertz CT molecular complexity index is 628. The maximum atomic E-state index is 11.8. The summed E-state index contributed by atoms with van der Waals surface area (Å²) < 4.78 is 7.71. The lowest BCUT2D eigenvalue weighted by Gasteiger charge is -2.19. The Hall–Kier alpha value is -2.30. The highest BCUT2D eigenvalue weighted by Crippen LogP contribution is 2.24. The number of hydrogen-bond donors (Lipinski definition) is 1. The van der Waals surface area contributed by atoms with E-state index in [1.54, 1.807) is 12.5 Å². The number of imidazole rings is 1. The number of amides is 1. The monoisotopic (exact) mass is 343 g/mol. The molecule has 0 aliphatic heterocycles. The average Bonchev–Trinajstić information content (AvgIpc) is 3.09. The molecule has 2 aromatic rings. The molecule has 0 aliphatic rings. The van der Waals surface area contributed by atoms with Crippen LogP contribution in [0.4, 0.5) is 0 Å². The number of ether oxygens (including phenoxy) is 1. The van der Waals surface area contributed by atoms with E-state index in [-0.39, 0.29) is 11.3 Å². The second-order valence-corrected chi connectivity index (χ2v) is 7.23. The summed E-state index contributed by atoms with van der Waals surface area (Å²) in [7, 11) is 0. The number of carbonyl (C=O) groups is 1. The first kappa shape index (κ1) is 19.0. The van der Waals surface area contributed by atoms with Gasteiger partial charge in [-0.3, -0.25) is 4.79 Å². The molecule has 25 heavy (non-hydrogen) atoms. The van der Waals surface area contributed by atoms with Crippen LogP contribution < -0.4 is 10.1 Å². The predicted molar refractivity (Wildman–Crippen MR) is 99.7 cm³/mol. The Morgan fingerprint density at radius 3 is 2.60 bits per heavy atom. The van der Waals surface area contributed by atoms with Crippen LogP contribution in [0.2, 0.25) is 0 Å². The second-order valence-electron chi connectivity index (χ2n) is 7.23. The molecular formula is C20H29N3O2. The van der Waals surface area contributed by atoms with Crippen LogP contribution in [-0.4, -0.2) is 28.6 Å². The zero-order valence-corrected chi connectivity index (χ0v) is 15.5. The van der Waals surface area contributed by atoms with Gasteiger partial charge >= 0.3 is 0 Å². The SMILES string of the molecule is CC(C)(C)c1ccc(OCCCC(=O)NCCCn2ccnc2)cc1. The van der Waals surface area contributed by atoms with Crippen LogP contribution in [0.5, 0.6) is 5.75 Å². The van der Waals surface area contributed by atoms with Crippen molar-refractivity contribution in [2.75, 3.05) is 13.2 Å². The third-order valence-electron chi connectivity index (χ3n) is 4.01. The number of aromatic nitrogens is 2. The van der Waals surface area contributed by atoms with Gasteiger partial charge < -0.3 is 14.6 Å². The van der Waals surface area contributed by atoms with E-state index in [0.29, 0.717) is 26.0 Å². The van der Waals surface area contributed by atoms with Crippen molar-refractivity contribution in [3.05, 3.63) is 48.5 Å². The fraction of sp³-hybridized carbons (Fsp3) is 0.500. The minimum atomic E-state index is 0.0808. The van der Waals surface area contributed by atoms with Crippen molar-refractivity contribution in [2.45, 2.75) is 52.0 Å². The minimum absolute atomic E-state index is 0.0808. The molecular weight excluding hydrogens is 314 g/mol. The van der Waals surface area contributed by atoms with E-state index in [9.17, 15) is 4.79 Å². The number of hydrogen-bond acceptors (Lipinski definition) is 3. The van der Waals surface area contributed by atoms with Gasteiger partial charge in [0.05, 0.1) is 12.9 Å². The van der Waals surface area contributed by atoms with Gasteiger partial charge in [0, 0.05) is 31.9 Å². The lowest BCUT2D eigenvalue weighted by molar-refractivity contribution is -0.121. The third kappa shape index (κ3) is 6.99. The van der Waals surface area contributed by atoms with Crippen molar-refractivity contribution in [2.24, 2.45) is 0 Å². The number of nitrogens with one attached hydrogen (secondary N) is 1. The van der Waals surface area contributed by atoms with E-state index in [4.69, 9.17) is 4.74 Å². The lowest BCUT2D eigenvalue weighted by atomic mass is 9.87. The molecule has 0 unspecified atom stereocenters. The summed E-state index contributed by atoms with van der Waals surface area (Å²) in [5.74, 6) is 0.936. The van der Waals surface area contributed by atoms with Crippen LogP contribution in [-0.2, 0) is 16.8 Å². The summed E-state index contributed by atoms with van der Waals surface area (Å²) in [4.78, 5) is 15.8. The zero-order chi connectivity index (χ0) is 18.1. The molecule has 1 aromatic heterocycles. The van der Waals surface area contributed by atoms with Crippen molar-refractivity contribution in [1.82, 2.24) is 14.9 Å². The maximum absolute atomic E-state index is 11.8. The number of nitrogens with zero attached hydrogens (tertiary/aromatic N) is 2. The van der Waals surface area contributed by atoms with Crippen LogP contribution in [0, 0.1) is 0 Å². The number of rotatable bonds is 9. The third-order valence-corrected chi connectivity index (χ3v) is 4.01. The van der Waals surface area contributed by atoms with Crippen molar-refractivity contribution < 1.29 is 9.53 Å². The summed E-state index contributed by atoms with van der Waals surface area (Å²) in [6.07, 6.45) is 7.58. The number of aryl methyl sites for hydroxylation is 1. The van der Waals surface area contributed by atoms with Gasteiger partial charge in [0.15, 0.2) is 0 Å². The lowest BCUT2D eigenvalue weighted by Crippen LogP contribution is -2.25. The maximum Gasteiger partial charge on any atom is 0.220 e. The van der Waals surface area contributed by atoms with Crippen LogP contribution in [0.3, 0.4) is 0 Å². The molecule has 0 radical (unpaired) electrons. The van der Waals surface area contributed by atoms with Crippen molar-refractivity contribution >= 4 is 5.91 Å². The minimum Gasteiger partial charge on any atom is -0.494 e. The normalized spacial score (nSPS) is 11.3. The van der Waals surface area contributed by atoms with Gasteiger partial charge in [0.2, 0.25) is 5.91 Å². The van der Waals surface area contributed by atoms with Crippen molar-refractivity contribution in [3.8, 4) is 5.75 Å². The van der Waals surface area contributed by atoms with Gasteiger partial charge in [-0.05, 0) is 36.0 Å². The average molecular weight is 343 g/mol. The van der Waals surface area contributed by atoms with Crippen molar-refractivity contribution in [3.63, 3.8) is 0 Å². The molecule has 136 valence electrons. The molecule has 0 atom stereocenters. The summed E-state index contributed by atoms with van der Waals surface area (Å²) in [5.41, 5.74) is 1.43. The fourth-order valence-corrected chi connectivity index (χ4v) is 2.47. The van der Waals surface area contributed by atoms with Gasteiger partial charge in [-0.15, -0.1) is 0 Å². The first-order valence-corrected chi connectivity index (χ1v) is 8.91. The van der Waals surface area contributed by atoms with E-state index in [1.807, 2.05) is 22.9 Å². The van der Waals surface area contributed by atoms with E-state index in [0.717, 1.165) is 18.7 Å². The highest BCUT2D eigenvalue weighted by Gasteiger charge is 2.12. The second kappa shape index (κ2) is 9.25. The summed E-state index contributed by atoms with van der Waals surface area (Å²) in [5, 5.41) is 2.94. The van der Waals surface area contributed by atoms with Gasteiger partial charge in [-0.1, -0.05) is 32.9 Å². The van der Waals surface area contributed by atoms with Gasteiger partial charge in [-0.25, -0.2) is 4.98 Å². The fourth-order valence-electron chi connectivity index (χ4n) is 2.47. The number of benzene rings is 1. The molecule has 2 rings (SSSR count). The summed E-state index contributed by atoms with van der Waals surface area (Å²) in [6.45, 7) is 8.68.